The van der Waals surface area contributed by atoms with Gasteiger partial charge >= 0.3 is 12.1 Å². The van der Waals surface area contributed by atoms with Gasteiger partial charge in [0, 0.05) is 0 Å². The number of carbonyl (C=O) groups is 2. The summed E-state index contributed by atoms with van der Waals surface area (Å²) in [6.45, 7) is 0. The summed E-state index contributed by atoms with van der Waals surface area (Å²) in [6.07, 6.45) is -1.28. The van der Waals surface area contributed by atoms with Crippen LogP contribution in [0.3, 0.4) is 0 Å². The van der Waals surface area contributed by atoms with E-state index in [-0.39, 0.29) is 0 Å². The van der Waals surface area contributed by atoms with Crippen molar-refractivity contribution in [2.24, 2.45) is 5.73 Å². The van der Waals surface area contributed by atoms with Crippen LogP contribution < -0.4 is 11.2 Å². The lowest BCUT2D eigenvalue weighted by molar-refractivity contribution is 0.168. The second-order valence-corrected chi connectivity index (χ2v) is 2.00. The number of nitrogens with zero attached hydrogens (tertiary/aromatic N) is 1. The van der Waals surface area contributed by atoms with Gasteiger partial charge in [0.1, 0.15) is 0 Å². The molecule has 6 nitrogen and oxygen atoms in total. The fraction of sp³-hybridized carbons (Fsp3) is 0. The van der Waals surface area contributed by atoms with Gasteiger partial charge in [-0.2, -0.15) is 3.22 Å². The molecule has 0 bridgehead atoms. The molecule has 0 aromatic carbocycles. The van der Waals surface area contributed by atoms with Crippen molar-refractivity contribution in [3.05, 3.63) is 0 Å². The first-order valence-electron chi connectivity index (χ1n) is 1.79. The average Bonchev–Trinajstić information content (AvgIpc) is 1.63. The summed E-state index contributed by atoms with van der Waals surface area (Å²) in [5.74, 6) is 0. The lowest BCUT2D eigenvalue weighted by Crippen LogP contribution is -2.41. The number of nitrogens with two attached hydrogens (primary N) is 1. The molecule has 0 saturated heterocycles. The van der Waals surface area contributed by atoms with Crippen LogP contribution in [0.25, 0.3) is 0 Å². The molecule has 0 spiro atoms. The molecular formula is C2H4IN3O3. The predicted octanol–water partition coefficient (Wildman–Crippen LogP) is -0.100. The summed E-state index contributed by atoms with van der Waals surface area (Å²) in [6, 6.07) is -0.910. The van der Waals surface area contributed by atoms with E-state index >= 15 is 0 Å². The second kappa shape index (κ2) is 3.33. The molecule has 0 aliphatic carbocycles. The van der Waals surface area contributed by atoms with Crippen molar-refractivity contribution in [2.45, 2.75) is 0 Å². The van der Waals surface area contributed by atoms with Crippen LogP contribution in [-0.4, -0.2) is 20.5 Å². The fourth-order valence-electron chi connectivity index (χ4n) is 0.145. The summed E-state index contributed by atoms with van der Waals surface area (Å²) < 4.78 is 0.528. The maximum atomic E-state index is 9.92. The van der Waals surface area contributed by atoms with Crippen LogP contribution in [0.1, 0.15) is 0 Å². The van der Waals surface area contributed by atoms with Crippen LogP contribution in [0.4, 0.5) is 9.59 Å². The average molecular weight is 245 g/mol. The van der Waals surface area contributed by atoms with E-state index in [0.29, 0.717) is 3.22 Å². The van der Waals surface area contributed by atoms with Gasteiger partial charge in [-0.1, -0.05) is 0 Å². The molecule has 7 heteroatoms. The second-order valence-electron chi connectivity index (χ2n) is 1.04. The zero-order valence-corrected chi connectivity index (χ0v) is 6.32. The third kappa shape index (κ3) is 3.82. The predicted molar refractivity (Wildman–Crippen MR) is 36.6 cm³/mol. The van der Waals surface area contributed by atoms with Crippen LogP contribution in [0.15, 0.2) is 0 Å². The Bertz CT molecular complexity index is 137. The number of primary amides is 1. The summed E-state index contributed by atoms with van der Waals surface area (Å²) in [4.78, 5) is 19.8. The van der Waals surface area contributed by atoms with Crippen molar-refractivity contribution in [3.8, 4) is 0 Å². The lowest BCUT2D eigenvalue weighted by Gasteiger charge is -2.07. The smallest absolute Gasteiger partial charge is 0.435 e. The highest BCUT2D eigenvalue weighted by atomic mass is 127. The quantitative estimate of drug-likeness (QED) is 0.316. The molecule has 3 amide bonds. The van der Waals surface area contributed by atoms with E-state index in [4.69, 9.17) is 5.11 Å². The first-order chi connectivity index (χ1) is 4.04. The third-order valence-corrected chi connectivity index (χ3v) is 1.03. The Morgan fingerprint density at radius 1 is 1.67 bits per heavy atom. The molecule has 0 radical (unpaired) electrons. The molecule has 4 N–H and O–H groups in total. The number of nitrogens with one attached hydrogen (secondary N) is 1. The molecule has 0 saturated carbocycles. The van der Waals surface area contributed by atoms with Gasteiger partial charge < -0.3 is 10.8 Å². The number of carboxylic acid groups (broad SMARTS) is 1. The van der Waals surface area contributed by atoms with E-state index < -0.39 is 12.1 Å². The van der Waals surface area contributed by atoms with E-state index in [1.807, 2.05) is 0 Å². The number of carbonyl (C=O) groups excluding carboxylic acids is 1. The van der Waals surface area contributed by atoms with Crippen LogP contribution in [0.5, 0.6) is 0 Å². The topological polar surface area (TPSA) is 95.7 Å². The van der Waals surface area contributed by atoms with Gasteiger partial charge in [-0.3, -0.25) is 0 Å². The molecule has 9 heavy (non-hydrogen) atoms. The zero-order valence-electron chi connectivity index (χ0n) is 4.17. The van der Waals surface area contributed by atoms with Gasteiger partial charge in [0.2, 0.25) is 0 Å². The largest absolute Gasteiger partial charge is 0.463 e. The summed E-state index contributed by atoms with van der Waals surface area (Å²) in [7, 11) is 0. The Morgan fingerprint density at radius 2 is 2.11 bits per heavy atom. The molecule has 0 aliphatic heterocycles. The van der Waals surface area contributed by atoms with Gasteiger partial charge in [-0.15, -0.1) is 0 Å². The Balaban J connectivity index is 3.63. The van der Waals surface area contributed by atoms with Crippen LogP contribution in [0.2, 0.25) is 0 Å². The molecule has 0 heterocycles. The number of hydrazine groups is 1. The number of rotatable bonds is 0. The standard InChI is InChI=1S/C2H4IN3O3/c3-6(2(8)9)5-1(4)7/h(H,8,9)(H3,4,5,7). The minimum absolute atomic E-state index is 0.528. The normalized spacial score (nSPS) is 8.11. The molecule has 0 rings (SSSR count). The summed E-state index contributed by atoms with van der Waals surface area (Å²) >= 11 is 1.37. The van der Waals surface area contributed by atoms with Crippen molar-refractivity contribution in [2.75, 3.05) is 0 Å². The first-order valence-corrected chi connectivity index (χ1v) is 2.75. The fourth-order valence-corrected chi connectivity index (χ4v) is 0.382. The number of amides is 3. The highest BCUT2D eigenvalue weighted by Gasteiger charge is 2.07. The molecule has 0 aromatic rings. The van der Waals surface area contributed by atoms with Crippen molar-refractivity contribution in [3.63, 3.8) is 0 Å². The van der Waals surface area contributed by atoms with Crippen molar-refractivity contribution >= 4 is 35.0 Å². The van der Waals surface area contributed by atoms with Gasteiger partial charge in [0.05, 0.1) is 22.9 Å². The molecule has 0 aromatic heterocycles. The molecule has 0 unspecified atom stereocenters. The maximum Gasteiger partial charge on any atom is 0.435 e. The van der Waals surface area contributed by atoms with Crippen molar-refractivity contribution < 1.29 is 14.7 Å². The van der Waals surface area contributed by atoms with E-state index in [1.165, 1.54) is 22.9 Å². The maximum absolute atomic E-state index is 9.92. The van der Waals surface area contributed by atoms with Crippen LogP contribution >= 0.6 is 22.9 Å². The first kappa shape index (κ1) is 8.27. The van der Waals surface area contributed by atoms with E-state index in [1.54, 1.807) is 5.43 Å². The lowest BCUT2D eigenvalue weighted by atomic mass is 11.1. The number of urea groups is 1. The molecule has 0 aliphatic rings. The summed E-state index contributed by atoms with van der Waals surface area (Å²) in [5.41, 5.74) is 6.37. The SMILES string of the molecule is NC(=O)NN(I)C(=O)O. The van der Waals surface area contributed by atoms with Gasteiger partial charge in [-0.05, 0) is 0 Å². The van der Waals surface area contributed by atoms with Crippen molar-refractivity contribution in [1.29, 1.82) is 0 Å². The minimum Gasteiger partial charge on any atom is -0.463 e. The molecule has 52 valence electrons. The Labute approximate surface area is 64.5 Å². The summed E-state index contributed by atoms with van der Waals surface area (Å²) in [5, 5.41) is 8.08. The zero-order chi connectivity index (χ0) is 7.44. The highest BCUT2D eigenvalue weighted by Crippen LogP contribution is 1.91. The molecule has 0 fully saturated rings. The van der Waals surface area contributed by atoms with Gasteiger partial charge in [0.15, 0.2) is 0 Å². The number of halogens is 1. The highest BCUT2D eigenvalue weighted by molar-refractivity contribution is 14.1. The number of hydrogen-bond donors (Lipinski definition) is 3. The minimum atomic E-state index is -1.28. The van der Waals surface area contributed by atoms with Crippen molar-refractivity contribution in [1.82, 2.24) is 8.65 Å². The van der Waals surface area contributed by atoms with E-state index in [2.05, 4.69) is 5.73 Å². The van der Waals surface area contributed by atoms with E-state index in [0.717, 1.165) is 0 Å². The van der Waals surface area contributed by atoms with Gasteiger partial charge in [0.25, 0.3) is 0 Å². The van der Waals surface area contributed by atoms with Gasteiger partial charge in [-0.25, -0.2) is 15.0 Å². The Kier molecular flexibility index (Phi) is 3.06. The monoisotopic (exact) mass is 245 g/mol. The van der Waals surface area contributed by atoms with Crippen LogP contribution in [0, 0.1) is 0 Å². The molecular weight excluding hydrogens is 241 g/mol. The third-order valence-electron chi connectivity index (χ3n) is 0.376. The Morgan fingerprint density at radius 3 is 2.22 bits per heavy atom. The van der Waals surface area contributed by atoms with E-state index in [9.17, 15) is 9.59 Å². The molecule has 0 atom stereocenters. The Hall–Kier alpha value is -0.730. The van der Waals surface area contributed by atoms with Crippen LogP contribution in [-0.2, 0) is 0 Å². The number of hydrogen-bond acceptors (Lipinski definition) is 2.